The molecule has 1 fully saturated rings. The Balaban J connectivity index is 2.18. The van der Waals surface area contributed by atoms with Crippen molar-refractivity contribution in [3.8, 4) is 0 Å². The van der Waals surface area contributed by atoms with Gasteiger partial charge in [-0.05, 0) is 11.6 Å². The summed E-state index contributed by atoms with van der Waals surface area (Å²) in [7, 11) is -3.16. The average molecular weight is 378 g/mol. The van der Waals surface area contributed by atoms with Crippen molar-refractivity contribution in [1.29, 1.82) is 0 Å². The smallest absolute Gasteiger partial charge is 0.269 e. The van der Waals surface area contributed by atoms with Crippen LogP contribution in [0.3, 0.4) is 0 Å². The van der Waals surface area contributed by atoms with Crippen LogP contribution in [0.4, 0.5) is 11.4 Å². The number of hydrogen-bond donors (Lipinski definition) is 0. The standard InChI is InChI=1S/C12H16BrN3O4S/c1-21(19,20)15-6-4-14(5-7-15)12-3-2-11(16(17)18)8-10(12)9-13/h2-3,8H,4-7,9H2,1H3. The number of anilines is 1. The SMILES string of the molecule is CS(=O)(=O)N1CCN(c2ccc([N+](=O)[O-])cc2CBr)CC1. The number of nitro groups is 1. The molecule has 1 aromatic carbocycles. The Morgan fingerprint density at radius 3 is 2.38 bits per heavy atom. The van der Waals surface area contributed by atoms with Gasteiger partial charge in [0.15, 0.2) is 0 Å². The van der Waals surface area contributed by atoms with Gasteiger partial charge in [-0.25, -0.2) is 8.42 Å². The van der Waals surface area contributed by atoms with Crippen LogP contribution >= 0.6 is 15.9 Å². The van der Waals surface area contributed by atoms with Gasteiger partial charge in [-0.15, -0.1) is 0 Å². The normalized spacial score (nSPS) is 17.0. The second kappa shape index (κ2) is 6.29. The van der Waals surface area contributed by atoms with Crippen molar-refractivity contribution in [3.05, 3.63) is 33.9 Å². The molecule has 0 spiro atoms. The van der Waals surface area contributed by atoms with Gasteiger partial charge in [0, 0.05) is 49.3 Å². The van der Waals surface area contributed by atoms with Gasteiger partial charge in [0.25, 0.3) is 5.69 Å². The average Bonchev–Trinajstić information content (AvgIpc) is 2.45. The van der Waals surface area contributed by atoms with Crippen LogP contribution in [0.1, 0.15) is 5.56 Å². The number of nitro benzene ring substituents is 1. The van der Waals surface area contributed by atoms with Crippen molar-refractivity contribution in [1.82, 2.24) is 4.31 Å². The van der Waals surface area contributed by atoms with E-state index in [1.165, 1.54) is 16.6 Å². The third kappa shape index (κ3) is 3.72. The zero-order chi connectivity index (χ0) is 15.6. The molecule has 0 radical (unpaired) electrons. The molecule has 0 atom stereocenters. The number of halogens is 1. The first-order valence-corrected chi connectivity index (χ1v) is 9.33. The first-order chi connectivity index (χ1) is 9.82. The van der Waals surface area contributed by atoms with Crippen molar-refractivity contribution in [2.24, 2.45) is 0 Å². The molecule has 116 valence electrons. The molecule has 2 rings (SSSR count). The minimum atomic E-state index is -3.16. The van der Waals surface area contributed by atoms with Crippen LogP contribution in [0.25, 0.3) is 0 Å². The molecule has 1 heterocycles. The molecule has 21 heavy (non-hydrogen) atoms. The Morgan fingerprint density at radius 2 is 1.90 bits per heavy atom. The summed E-state index contributed by atoms with van der Waals surface area (Å²) in [5.41, 5.74) is 1.80. The molecule has 1 aliphatic rings. The van der Waals surface area contributed by atoms with E-state index >= 15 is 0 Å². The van der Waals surface area contributed by atoms with Gasteiger partial charge in [0.1, 0.15) is 0 Å². The first kappa shape index (κ1) is 16.2. The van der Waals surface area contributed by atoms with E-state index in [9.17, 15) is 18.5 Å². The molecule has 1 aliphatic heterocycles. The summed E-state index contributed by atoms with van der Waals surface area (Å²) in [6.07, 6.45) is 1.21. The highest BCUT2D eigenvalue weighted by Gasteiger charge is 2.25. The molecule has 0 aromatic heterocycles. The lowest BCUT2D eigenvalue weighted by molar-refractivity contribution is -0.384. The molecule has 0 saturated carbocycles. The molecule has 0 bridgehead atoms. The van der Waals surface area contributed by atoms with E-state index in [4.69, 9.17) is 0 Å². The van der Waals surface area contributed by atoms with Crippen LogP contribution in [0.15, 0.2) is 18.2 Å². The van der Waals surface area contributed by atoms with Crippen molar-refractivity contribution in [2.75, 3.05) is 37.3 Å². The van der Waals surface area contributed by atoms with Crippen LogP contribution < -0.4 is 4.90 Å². The third-order valence-electron chi connectivity index (χ3n) is 3.47. The van der Waals surface area contributed by atoms with Crippen molar-refractivity contribution < 1.29 is 13.3 Å². The lowest BCUT2D eigenvalue weighted by atomic mass is 10.1. The van der Waals surface area contributed by atoms with Gasteiger partial charge in [-0.3, -0.25) is 10.1 Å². The number of sulfonamides is 1. The predicted octanol–water partition coefficient (Wildman–Crippen LogP) is 1.57. The Bertz CT molecular complexity index is 642. The second-order valence-corrected chi connectivity index (χ2v) is 7.40. The van der Waals surface area contributed by atoms with Crippen molar-refractivity contribution in [3.63, 3.8) is 0 Å². The fraction of sp³-hybridized carbons (Fsp3) is 0.500. The second-order valence-electron chi connectivity index (χ2n) is 4.85. The van der Waals surface area contributed by atoms with E-state index in [-0.39, 0.29) is 5.69 Å². The minimum absolute atomic E-state index is 0.0583. The summed E-state index contributed by atoms with van der Waals surface area (Å²) in [5.74, 6) is 0. The summed E-state index contributed by atoms with van der Waals surface area (Å²) in [4.78, 5) is 12.5. The fourth-order valence-electron chi connectivity index (χ4n) is 2.36. The Morgan fingerprint density at radius 1 is 1.29 bits per heavy atom. The highest BCUT2D eigenvalue weighted by Crippen LogP contribution is 2.28. The van der Waals surface area contributed by atoms with Crippen molar-refractivity contribution in [2.45, 2.75) is 5.33 Å². The summed E-state index contributed by atoms with van der Waals surface area (Å²) < 4.78 is 24.4. The van der Waals surface area contributed by atoms with E-state index in [1.54, 1.807) is 12.1 Å². The third-order valence-corrected chi connectivity index (χ3v) is 5.37. The largest absolute Gasteiger partial charge is 0.369 e. The van der Waals surface area contributed by atoms with Gasteiger partial charge >= 0.3 is 0 Å². The number of hydrogen-bond acceptors (Lipinski definition) is 5. The maximum atomic E-state index is 11.5. The number of alkyl halides is 1. The van der Waals surface area contributed by atoms with E-state index in [1.807, 2.05) is 0 Å². The fourth-order valence-corrected chi connectivity index (χ4v) is 3.64. The van der Waals surface area contributed by atoms with Crippen LogP contribution in [0.5, 0.6) is 0 Å². The molecule has 0 N–H and O–H groups in total. The predicted molar refractivity (Wildman–Crippen MR) is 84.4 cm³/mol. The van der Waals surface area contributed by atoms with Gasteiger partial charge < -0.3 is 4.90 Å². The van der Waals surface area contributed by atoms with Crippen LogP contribution in [-0.2, 0) is 15.4 Å². The molecule has 1 aromatic rings. The van der Waals surface area contributed by atoms with E-state index in [0.717, 1.165) is 11.3 Å². The minimum Gasteiger partial charge on any atom is -0.369 e. The monoisotopic (exact) mass is 377 g/mol. The topological polar surface area (TPSA) is 83.8 Å². The van der Waals surface area contributed by atoms with Gasteiger partial charge in [0.05, 0.1) is 11.2 Å². The molecule has 0 amide bonds. The number of nitrogens with zero attached hydrogens (tertiary/aromatic N) is 3. The molecule has 9 heteroatoms. The van der Waals surface area contributed by atoms with Crippen LogP contribution in [-0.4, -0.2) is 50.1 Å². The molecule has 7 nitrogen and oxygen atoms in total. The van der Waals surface area contributed by atoms with E-state index in [2.05, 4.69) is 20.8 Å². The lowest BCUT2D eigenvalue weighted by Gasteiger charge is -2.35. The Hall–Kier alpha value is -1.19. The van der Waals surface area contributed by atoms with E-state index in [0.29, 0.717) is 31.5 Å². The molecule has 0 unspecified atom stereocenters. The Kier molecular flexibility index (Phi) is 4.84. The first-order valence-electron chi connectivity index (χ1n) is 6.36. The number of benzene rings is 1. The summed E-state index contributed by atoms with van der Waals surface area (Å²) >= 11 is 3.35. The highest BCUT2D eigenvalue weighted by molar-refractivity contribution is 9.08. The number of piperazine rings is 1. The number of non-ortho nitro benzene ring substituents is 1. The lowest BCUT2D eigenvalue weighted by Crippen LogP contribution is -2.48. The maximum Gasteiger partial charge on any atom is 0.269 e. The quantitative estimate of drug-likeness (QED) is 0.451. The number of rotatable bonds is 4. The van der Waals surface area contributed by atoms with Crippen molar-refractivity contribution >= 4 is 37.3 Å². The van der Waals surface area contributed by atoms with Gasteiger partial charge in [-0.2, -0.15) is 4.31 Å². The van der Waals surface area contributed by atoms with Crippen LogP contribution in [0, 0.1) is 10.1 Å². The van der Waals surface area contributed by atoms with Gasteiger partial charge in [0.2, 0.25) is 10.0 Å². The molecular weight excluding hydrogens is 362 g/mol. The maximum absolute atomic E-state index is 11.5. The highest BCUT2D eigenvalue weighted by atomic mass is 79.9. The molecule has 1 saturated heterocycles. The van der Waals surface area contributed by atoms with Crippen LogP contribution in [0.2, 0.25) is 0 Å². The summed E-state index contributed by atoms with van der Waals surface area (Å²) in [6, 6.07) is 4.75. The van der Waals surface area contributed by atoms with E-state index < -0.39 is 14.9 Å². The zero-order valence-electron chi connectivity index (χ0n) is 11.5. The molecule has 0 aliphatic carbocycles. The van der Waals surface area contributed by atoms with Gasteiger partial charge in [-0.1, -0.05) is 15.9 Å². The molecular formula is C12H16BrN3O4S. The Labute approximate surface area is 131 Å². The summed E-state index contributed by atoms with van der Waals surface area (Å²) in [5, 5.41) is 11.3. The summed E-state index contributed by atoms with van der Waals surface area (Å²) in [6.45, 7) is 2.00. The zero-order valence-corrected chi connectivity index (χ0v) is 13.9.